The molecule has 4 rings (SSSR count). The number of nitrogens with zero attached hydrogens (tertiary/aromatic N) is 3. The quantitative estimate of drug-likeness (QED) is 0.477. The Bertz CT molecular complexity index is 1300. The summed E-state index contributed by atoms with van der Waals surface area (Å²) >= 11 is 5.46. The van der Waals surface area contributed by atoms with Gasteiger partial charge >= 0.3 is 0 Å². The third kappa shape index (κ3) is 4.32. The molecule has 6 nitrogen and oxygen atoms in total. The van der Waals surface area contributed by atoms with Crippen LogP contribution in [0.4, 0.5) is 4.39 Å². The molecule has 0 spiro atoms. The van der Waals surface area contributed by atoms with Crippen molar-refractivity contribution in [2.45, 2.75) is 37.1 Å². The molecule has 3 aromatic rings. The molecule has 1 aliphatic rings. The lowest BCUT2D eigenvalue weighted by atomic mass is 10.0. The second-order valence-electron chi connectivity index (χ2n) is 8.28. The van der Waals surface area contributed by atoms with Crippen molar-refractivity contribution in [1.82, 2.24) is 18.7 Å². The fourth-order valence-electron chi connectivity index (χ4n) is 4.01. The maximum atomic E-state index is 14.6. The van der Waals surface area contributed by atoms with E-state index in [4.69, 9.17) is 11.8 Å². The summed E-state index contributed by atoms with van der Waals surface area (Å²) in [6, 6.07) is 7.93. The van der Waals surface area contributed by atoms with Gasteiger partial charge in [-0.05, 0) is 67.3 Å². The number of sulfonamides is 1. The second-order valence-corrected chi connectivity index (χ2v) is 10.7. The second kappa shape index (κ2) is 8.94. The van der Waals surface area contributed by atoms with Crippen LogP contribution in [0.5, 0.6) is 0 Å². The number of hydrogen-bond acceptors (Lipinski definition) is 4. The minimum Gasteiger partial charge on any atom is -0.337 e. The summed E-state index contributed by atoms with van der Waals surface area (Å²) in [4.78, 5) is 6.74. The summed E-state index contributed by atoms with van der Waals surface area (Å²) < 4.78 is 43.0. The van der Waals surface area contributed by atoms with Crippen molar-refractivity contribution in [1.29, 1.82) is 0 Å². The van der Waals surface area contributed by atoms with Crippen LogP contribution in [-0.2, 0) is 16.6 Å². The highest BCUT2D eigenvalue weighted by Gasteiger charge is 2.26. The van der Waals surface area contributed by atoms with Crippen molar-refractivity contribution in [2.24, 2.45) is 0 Å². The van der Waals surface area contributed by atoms with Gasteiger partial charge in [0.05, 0.1) is 6.54 Å². The van der Waals surface area contributed by atoms with E-state index in [9.17, 15) is 12.8 Å². The van der Waals surface area contributed by atoms with Crippen LogP contribution in [0.2, 0.25) is 0 Å². The number of aromatic nitrogens is 2. The van der Waals surface area contributed by atoms with Gasteiger partial charge in [-0.25, -0.2) is 21.9 Å². The lowest BCUT2D eigenvalue weighted by Gasteiger charge is -2.12. The van der Waals surface area contributed by atoms with E-state index in [-0.39, 0.29) is 23.8 Å². The first kappa shape index (κ1) is 22.9. The fraction of sp³-hybridized carbons (Fsp3) is 0.348. The highest BCUT2D eigenvalue weighted by atomic mass is 35.5. The van der Waals surface area contributed by atoms with E-state index < -0.39 is 10.0 Å². The molecule has 0 bridgehead atoms. The van der Waals surface area contributed by atoms with Crippen LogP contribution in [0, 0.1) is 6.92 Å². The van der Waals surface area contributed by atoms with E-state index in [0.717, 1.165) is 22.2 Å². The summed E-state index contributed by atoms with van der Waals surface area (Å²) in [7, 11) is -0.648. The molecule has 0 unspecified atom stereocenters. The number of hydrogen-bond donors (Lipinski definition) is 1. The van der Waals surface area contributed by atoms with E-state index in [1.54, 1.807) is 12.3 Å². The van der Waals surface area contributed by atoms with E-state index >= 15 is 0 Å². The summed E-state index contributed by atoms with van der Waals surface area (Å²) in [6.45, 7) is 2.21. The number of benzene rings is 1. The Labute approximate surface area is 192 Å². The summed E-state index contributed by atoms with van der Waals surface area (Å²) in [5, 5.41) is 0.969. The topological polar surface area (TPSA) is 67.2 Å². The van der Waals surface area contributed by atoms with Crippen molar-refractivity contribution < 1.29 is 12.8 Å². The van der Waals surface area contributed by atoms with E-state index in [1.807, 2.05) is 17.6 Å². The van der Waals surface area contributed by atoms with E-state index in [2.05, 4.69) is 22.0 Å². The van der Waals surface area contributed by atoms with Crippen molar-refractivity contribution >= 4 is 32.7 Å². The molecule has 1 aliphatic carbocycles. The third-order valence-corrected chi connectivity index (χ3v) is 7.82. The van der Waals surface area contributed by atoms with Crippen LogP contribution in [0.3, 0.4) is 0 Å². The molecule has 1 fully saturated rings. The van der Waals surface area contributed by atoms with Gasteiger partial charge in [0.15, 0.2) is 0 Å². The molecule has 1 aromatic carbocycles. The van der Waals surface area contributed by atoms with Crippen molar-refractivity contribution in [3.8, 4) is 11.1 Å². The predicted molar refractivity (Wildman–Crippen MR) is 126 cm³/mol. The van der Waals surface area contributed by atoms with Crippen molar-refractivity contribution in [3.05, 3.63) is 59.8 Å². The predicted octanol–water partition coefficient (Wildman–Crippen LogP) is 4.74. The zero-order valence-corrected chi connectivity index (χ0v) is 19.8. The minimum absolute atomic E-state index is 0.0623. The standard InChI is InChI=1S/C23H26ClFN4O2S/c1-15-23(18-10-20(13-26-12-18)32(30,31)28(2)3)21-11-17(16-4-5-16)6-7-22(21)29(15)14-19(25)8-9-27-24/h6-8,10-13,16,27H,4-5,9,14H2,1-3H3/b19-8-. The SMILES string of the molecule is Cc1c(-c2cncc(S(=O)(=O)N(C)C)c2)c2cc(C3CC3)ccc2n1C/C(F)=C/CNCl. The number of halogens is 2. The zero-order chi connectivity index (χ0) is 23.0. The first-order valence-electron chi connectivity index (χ1n) is 10.4. The molecule has 170 valence electrons. The molecule has 0 amide bonds. The normalized spacial score (nSPS) is 15.1. The van der Waals surface area contributed by atoms with Gasteiger partial charge in [0.1, 0.15) is 10.7 Å². The van der Waals surface area contributed by atoms with Gasteiger partial charge in [-0.1, -0.05) is 6.07 Å². The molecule has 0 radical (unpaired) electrons. The van der Waals surface area contributed by atoms with Gasteiger partial charge in [0.25, 0.3) is 0 Å². The summed E-state index contributed by atoms with van der Waals surface area (Å²) in [5.41, 5.74) is 4.55. The number of pyridine rings is 1. The molecule has 1 N–H and O–H groups in total. The minimum atomic E-state index is -3.63. The Morgan fingerprint density at radius 2 is 2.06 bits per heavy atom. The van der Waals surface area contributed by atoms with Crippen LogP contribution in [-0.4, -0.2) is 42.9 Å². The van der Waals surface area contributed by atoms with Crippen LogP contribution in [0.15, 0.2) is 53.5 Å². The summed E-state index contributed by atoms with van der Waals surface area (Å²) in [5.74, 6) is 0.249. The molecular weight excluding hydrogens is 451 g/mol. The molecule has 1 saturated carbocycles. The van der Waals surface area contributed by atoms with Crippen molar-refractivity contribution in [3.63, 3.8) is 0 Å². The molecule has 2 heterocycles. The van der Waals surface area contributed by atoms with Gasteiger partial charge in [0, 0.05) is 60.8 Å². The Morgan fingerprint density at radius 1 is 1.31 bits per heavy atom. The molecule has 9 heteroatoms. The van der Waals surface area contributed by atoms with Gasteiger partial charge in [-0.2, -0.15) is 0 Å². The lowest BCUT2D eigenvalue weighted by Crippen LogP contribution is -2.22. The van der Waals surface area contributed by atoms with Gasteiger partial charge < -0.3 is 4.57 Å². The average molecular weight is 477 g/mol. The van der Waals surface area contributed by atoms with Crippen LogP contribution in [0.1, 0.15) is 30.0 Å². The lowest BCUT2D eigenvalue weighted by molar-refractivity contribution is 0.520. The maximum absolute atomic E-state index is 14.6. The number of rotatable bonds is 8. The Morgan fingerprint density at radius 3 is 2.72 bits per heavy atom. The maximum Gasteiger partial charge on any atom is 0.244 e. The highest BCUT2D eigenvalue weighted by Crippen LogP contribution is 2.43. The molecule has 0 aliphatic heterocycles. The molecular formula is C23H26ClFN4O2S. The number of nitrogens with one attached hydrogen (secondary N) is 1. The first-order chi connectivity index (χ1) is 15.2. The molecule has 0 atom stereocenters. The molecule has 2 aromatic heterocycles. The fourth-order valence-corrected chi connectivity index (χ4v) is 4.98. The van der Waals surface area contributed by atoms with Crippen LogP contribution >= 0.6 is 11.8 Å². The monoisotopic (exact) mass is 476 g/mol. The highest BCUT2D eigenvalue weighted by molar-refractivity contribution is 7.89. The van der Waals surface area contributed by atoms with E-state index in [0.29, 0.717) is 11.5 Å². The van der Waals surface area contributed by atoms with Gasteiger partial charge in [-0.15, -0.1) is 0 Å². The smallest absolute Gasteiger partial charge is 0.244 e. The van der Waals surface area contributed by atoms with Crippen LogP contribution < -0.4 is 4.84 Å². The van der Waals surface area contributed by atoms with Gasteiger partial charge in [-0.3, -0.25) is 4.98 Å². The zero-order valence-electron chi connectivity index (χ0n) is 18.3. The average Bonchev–Trinajstić information content (AvgIpc) is 3.58. The Hall–Kier alpha value is -2.26. The summed E-state index contributed by atoms with van der Waals surface area (Å²) in [6.07, 6.45) is 6.75. The largest absolute Gasteiger partial charge is 0.337 e. The number of fused-ring (bicyclic) bond motifs is 1. The first-order valence-corrected chi connectivity index (χ1v) is 12.2. The van der Waals surface area contributed by atoms with Gasteiger partial charge in [0.2, 0.25) is 10.0 Å². The van der Waals surface area contributed by atoms with Crippen LogP contribution in [0.25, 0.3) is 22.0 Å². The van der Waals surface area contributed by atoms with E-state index in [1.165, 1.54) is 49.1 Å². The molecule has 32 heavy (non-hydrogen) atoms. The Balaban J connectivity index is 1.91. The Kier molecular flexibility index (Phi) is 6.40. The number of allylic oxidation sites excluding steroid dienone is 1. The van der Waals surface area contributed by atoms with Crippen molar-refractivity contribution in [2.75, 3.05) is 20.6 Å². The molecule has 0 saturated heterocycles. The third-order valence-electron chi connectivity index (χ3n) is 5.89.